The summed E-state index contributed by atoms with van der Waals surface area (Å²) in [6, 6.07) is 9.82. The highest BCUT2D eigenvalue weighted by molar-refractivity contribution is 5.83. The molecule has 4 fully saturated rings. The van der Waals surface area contributed by atoms with Crippen LogP contribution in [-0.2, 0) is 20.9 Å². The largest absolute Gasteiger partial charge is 0.455 e. The number of carbonyl (C=O) groups is 2. The molecule has 4 saturated carbocycles. The summed E-state index contributed by atoms with van der Waals surface area (Å²) in [6.07, 6.45) is 4.87. The highest BCUT2D eigenvalue weighted by atomic mass is 16.5. The van der Waals surface area contributed by atoms with E-state index < -0.39 is 11.0 Å². The van der Waals surface area contributed by atoms with Gasteiger partial charge in [0.2, 0.25) is 0 Å². The summed E-state index contributed by atoms with van der Waals surface area (Å²) in [5, 5.41) is 10.8. The molecule has 1 aromatic carbocycles. The highest BCUT2D eigenvalue weighted by Gasteiger charge is 2.60. The molecule has 0 radical (unpaired) electrons. The molecule has 5 nitrogen and oxygen atoms in total. The molecule has 4 bridgehead atoms. The van der Waals surface area contributed by atoms with E-state index in [9.17, 15) is 14.7 Å². The van der Waals surface area contributed by atoms with Crippen molar-refractivity contribution in [3.63, 3.8) is 0 Å². The fourth-order valence-electron chi connectivity index (χ4n) is 6.00. The number of hydrogen-bond donors (Lipinski definition) is 1. The van der Waals surface area contributed by atoms with Gasteiger partial charge in [-0.1, -0.05) is 30.3 Å². The minimum absolute atomic E-state index is 0.168. The summed E-state index contributed by atoms with van der Waals surface area (Å²) < 4.78 is 5.51. The van der Waals surface area contributed by atoms with Gasteiger partial charge in [0.1, 0.15) is 0 Å². The average molecular weight is 371 g/mol. The van der Waals surface area contributed by atoms with Crippen LogP contribution in [0.2, 0.25) is 0 Å². The Morgan fingerprint density at radius 1 is 1.15 bits per heavy atom. The lowest BCUT2D eigenvalue weighted by Gasteiger charge is -2.58. The maximum Gasteiger partial charge on any atom is 0.312 e. The van der Waals surface area contributed by atoms with Crippen molar-refractivity contribution in [2.75, 3.05) is 13.2 Å². The zero-order chi connectivity index (χ0) is 19.1. The monoisotopic (exact) mass is 371 g/mol. The van der Waals surface area contributed by atoms with Crippen molar-refractivity contribution in [3.8, 4) is 0 Å². The van der Waals surface area contributed by atoms with Crippen molar-refractivity contribution in [1.82, 2.24) is 4.90 Å². The van der Waals surface area contributed by atoms with E-state index in [0.29, 0.717) is 31.3 Å². The minimum atomic E-state index is -0.699. The summed E-state index contributed by atoms with van der Waals surface area (Å²) in [4.78, 5) is 27.2. The number of hydrogen-bond acceptors (Lipinski definition) is 4. The summed E-state index contributed by atoms with van der Waals surface area (Å²) >= 11 is 0. The molecular formula is C22H29NO4. The Balaban J connectivity index is 1.36. The van der Waals surface area contributed by atoms with Gasteiger partial charge in [-0.25, -0.2) is 0 Å². The first-order valence-electron chi connectivity index (χ1n) is 10.1. The van der Waals surface area contributed by atoms with Gasteiger partial charge >= 0.3 is 5.97 Å². The van der Waals surface area contributed by atoms with Crippen LogP contribution in [0.4, 0.5) is 0 Å². The van der Waals surface area contributed by atoms with E-state index in [4.69, 9.17) is 4.74 Å². The zero-order valence-corrected chi connectivity index (χ0v) is 16.0. The topological polar surface area (TPSA) is 66.8 Å². The lowest BCUT2D eigenvalue weighted by Crippen LogP contribution is -2.58. The first kappa shape index (κ1) is 18.5. The third-order valence-electron chi connectivity index (χ3n) is 6.74. The smallest absolute Gasteiger partial charge is 0.312 e. The van der Waals surface area contributed by atoms with Gasteiger partial charge in [-0.2, -0.15) is 0 Å². The number of esters is 1. The molecule has 146 valence electrons. The normalized spacial score (nSPS) is 33.7. The molecule has 0 spiro atoms. The van der Waals surface area contributed by atoms with Gasteiger partial charge in [-0.05, 0) is 62.8 Å². The first-order chi connectivity index (χ1) is 12.9. The molecular weight excluding hydrogens is 342 g/mol. The summed E-state index contributed by atoms with van der Waals surface area (Å²) in [5.74, 6) is 0.395. The van der Waals surface area contributed by atoms with E-state index in [0.717, 1.165) is 37.7 Å². The van der Waals surface area contributed by atoms with E-state index in [1.807, 2.05) is 37.3 Å². The highest BCUT2D eigenvalue weighted by Crippen LogP contribution is 2.61. The molecule has 5 rings (SSSR count). The molecule has 4 aliphatic carbocycles. The number of nitrogens with zero attached hydrogens (tertiary/aromatic N) is 1. The second-order valence-corrected chi connectivity index (χ2v) is 8.94. The molecule has 1 aromatic rings. The lowest BCUT2D eigenvalue weighted by atomic mass is 9.48. The van der Waals surface area contributed by atoms with Crippen LogP contribution in [0, 0.1) is 17.3 Å². The molecule has 4 atom stereocenters. The maximum absolute atomic E-state index is 12.9. The molecule has 0 aliphatic heterocycles. The predicted molar refractivity (Wildman–Crippen MR) is 101 cm³/mol. The SMILES string of the molecule is CCN(Cc1ccccc1)C(=O)COC(=O)C12C[C@@H]3C[C@@H](CC(O)(C3)C1)C2. The summed E-state index contributed by atoms with van der Waals surface area (Å²) in [7, 11) is 0. The Labute approximate surface area is 160 Å². The average Bonchev–Trinajstić information content (AvgIpc) is 2.62. The van der Waals surface area contributed by atoms with Crippen molar-refractivity contribution in [2.24, 2.45) is 17.3 Å². The fourth-order valence-corrected chi connectivity index (χ4v) is 6.00. The number of amides is 1. The Hall–Kier alpha value is -1.88. The standard InChI is InChI=1S/C22H29NO4/c1-2-23(13-16-6-4-3-5-7-16)19(24)14-27-20(25)21-9-17-8-18(10-21)12-22(26,11-17)15-21/h3-7,17-18,26H,2,8-15H2,1H3/t17-,18+,21?,22?. The van der Waals surface area contributed by atoms with Crippen molar-refractivity contribution in [3.05, 3.63) is 35.9 Å². The van der Waals surface area contributed by atoms with E-state index in [2.05, 4.69) is 0 Å². The number of ether oxygens (including phenoxy) is 1. The molecule has 27 heavy (non-hydrogen) atoms. The van der Waals surface area contributed by atoms with Crippen LogP contribution in [0.5, 0.6) is 0 Å². The Morgan fingerprint density at radius 3 is 2.41 bits per heavy atom. The number of benzene rings is 1. The van der Waals surface area contributed by atoms with E-state index in [1.54, 1.807) is 4.90 Å². The molecule has 1 N–H and O–H groups in total. The van der Waals surface area contributed by atoms with Crippen molar-refractivity contribution < 1.29 is 19.4 Å². The lowest BCUT2D eigenvalue weighted by molar-refractivity contribution is -0.197. The van der Waals surface area contributed by atoms with Crippen LogP contribution in [0.3, 0.4) is 0 Å². The summed E-state index contributed by atoms with van der Waals surface area (Å²) in [5.41, 5.74) is -0.215. The third-order valence-corrected chi connectivity index (χ3v) is 6.74. The molecule has 0 heterocycles. The van der Waals surface area contributed by atoms with Crippen LogP contribution in [0.1, 0.15) is 51.0 Å². The third kappa shape index (κ3) is 3.62. The van der Waals surface area contributed by atoms with Gasteiger partial charge in [-0.15, -0.1) is 0 Å². The second-order valence-electron chi connectivity index (χ2n) is 8.94. The van der Waals surface area contributed by atoms with Gasteiger partial charge in [-0.3, -0.25) is 9.59 Å². The van der Waals surface area contributed by atoms with Crippen LogP contribution in [-0.4, -0.2) is 40.6 Å². The van der Waals surface area contributed by atoms with Crippen LogP contribution >= 0.6 is 0 Å². The number of rotatable bonds is 6. The van der Waals surface area contributed by atoms with Crippen molar-refractivity contribution >= 4 is 11.9 Å². The Kier molecular flexibility index (Phi) is 4.75. The molecule has 4 aliphatic rings. The van der Waals surface area contributed by atoms with E-state index in [-0.39, 0.29) is 18.5 Å². The number of aliphatic hydroxyl groups is 1. The molecule has 1 amide bonds. The molecule has 0 saturated heterocycles. The Bertz CT molecular complexity index is 702. The summed E-state index contributed by atoms with van der Waals surface area (Å²) in [6.45, 7) is 2.80. The molecule has 2 unspecified atom stereocenters. The van der Waals surface area contributed by atoms with Gasteiger partial charge in [0, 0.05) is 13.1 Å². The van der Waals surface area contributed by atoms with Gasteiger partial charge < -0.3 is 14.7 Å². The minimum Gasteiger partial charge on any atom is -0.455 e. The van der Waals surface area contributed by atoms with Crippen LogP contribution in [0.15, 0.2) is 30.3 Å². The first-order valence-corrected chi connectivity index (χ1v) is 10.1. The van der Waals surface area contributed by atoms with E-state index >= 15 is 0 Å². The number of likely N-dealkylation sites (N-methyl/N-ethyl adjacent to an activating group) is 1. The van der Waals surface area contributed by atoms with Crippen LogP contribution < -0.4 is 0 Å². The fraction of sp³-hybridized carbons (Fsp3) is 0.636. The number of carbonyl (C=O) groups excluding carboxylic acids is 2. The molecule has 5 heteroatoms. The second kappa shape index (κ2) is 6.93. The Morgan fingerprint density at radius 2 is 1.81 bits per heavy atom. The van der Waals surface area contributed by atoms with Crippen molar-refractivity contribution in [2.45, 2.75) is 57.6 Å². The van der Waals surface area contributed by atoms with Gasteiger partial charge in [0.15, 0.2) is 6.61 Å². The maximum atomic E-state index is 12.9. The van der Waals surface area contributed by atoms with Crippen LogP contribution in [0.25, 0.3) is 0 Å². The van der Waals surface area contributed by atoms with E-state index in [1.165, 1.54) is 0 Å². The quantitative estimate of drug-likeness (QED) is 0.781. The molecule has 0 aromatic heterocycles. The van der Waals surface area contributed by atoms with Crippen molar-refractivity contribution in [1.29, 1.82) is 0 Å². The predicted octanol–water partition coefficient (Wildman–Crippen LogP) is 2.91. The van der Waals surface area contributed by atoms with Gasteiger partial charge in [0.05, 0.1) is 11.0 Å². The van der Waals surface area contributed by atoms with Gasteiger partial charge in [0.25, 0.3) is 5.91 Å². The zero-order valence-electron chi connectivity index (χ0n) is 16.0.